The van der Waals surface area contributed by atoms with E-state index >= 15 is 0 Å². The number of nitrogens with one attached hydrogen (secondary N) is 1. The fourth-order valence-electron chi connectivity index (χ4n) is 3.95. The van der Waals surface area contributed by atoms with Crippen LogP contribution in [0.4, 0.5) is 0 Å². The van der Waals surface area contributed by atoms with Crippen molar-refractivity contribution in [2.24, 2.45) is 0 Å². The number of rotatable bonds is 25. The smallest absolute Gasteiger partial charge is 0.220 e. The van der Waals surface area contributed by atoms with E-state index in [1.54, 1.807) is 6.08 Å². The molecule has 0 aliphatic heterocycles. The van der Waals surface area contributed by atoms with Crippen molar-refractivity contribution in [1.29, 1.82) is 0 Å². The summed E-state index contributed by atoms with van der Waals surface area (Å²) in [5.41, 5.74) is 0. The molecule has 2 atom stereocenters. The minimum absolute atomic E-state index is 0.149. The molecule has 0 fully saturated rings. The number of aliphatic hydroxyl groups excluding tert-OH is 2. The predicted octanol–water partition coefficient (Wildman–Crippen LogP) is 8.28. The van der Waals surface area contributed by atoms with Gasteiger partial charge >= 0.3 is 0 Å². The average molecular weight is 516 g/mol. The van der Waals surface area contributed by atoms with Crippen LogP contribution in [0.25, 0.3) is 0 Å². The monoisotopic (exact) mass is 515 g/mol. The maximum absolute atomic E-state index is 12.2. The van der Waals surface area contributed by atoms with Gasteiger partial charge in [0.15, 0.2) is 0 Å². The molecule has 0 aliphatic rings. The first-order chi connectivity index (χ1) is 18.2. The van der Waals surface area contributed by atoms with Crippen LogP contribution >= 0.6 is 0 Å². The van der Waals surface area contributed by atoms with Gasteiger partial charge in [0, 0.05) is 6.42 Å². The van der Waals surface area contributed by atoms with Crippen LogP contribution in [0.1, 0.15) is 123 Å². The Bertz CT molecular complexity index is 648. The first-order valence-electron chi connectivity index (χ1n) is 15.0. The van der Waals surface area contributed by atoms with Crippen molar-refractivity contribution in [3.05, 3.63) is 60.8 Å². The van der Waals surface area contributed by atoms with E-state index in [2.05, 4.69) is 61.7 Å². The van der Waals surface area contributed by atoms with Gasteiger partial charge in [-0.25, -0.2) is 0 Å². The Morgan fingerprint density at radius 1 is 0.676 bits per heavy atom. The maximum Gasteiger partial charge on any atom is 0.220 e. The topological polar surface area (TPSA) is 69.6 Å². The summed E-state index contributed by atoms with van der Waals surface area (Å²) in [5.74, 6) is -0.149. The lowest BCUT2D eigenvalue weighted by molar-refractivity contribution is -0.122. The summed E-state index contributed by atoms with van der Waals surface area (Å²) in [4.78, 5) is 12.2. The number of allylic oxidation sites excluding steroid dienone is 9. The highest BCUT2D eigenvalue weighted by Gasteiger charge is 2.17. The minimum atomic E-state index is -0.866. The van der Waals surface area contributed by atoms with E-state index in [4.69, 9.17) is 0 Å². The Morgan fingerprint density at radius 2 is 1.19 bits per heavy atom. The van der Waals surface area contributed by atoms with Crippen molar-refractivity contribution in [2.75, 3.05) is 6.61 Å². The lowest BCUT2D eigenvalue weighted by Gasteiger charge is -2.19. The van der Waals surface area contributed by atoms with E-state index in [0.29, 0.717) is 12.8 Å². The maximum atomic E-state index is 12.2. The number of unbranched alkanes of at least 4 members (excludes halogenated alkanes) is 10. The first kappa shape index (κ1) is 35.1. The molecule has 4 heteroatoms. The summed E-state index contributed by atoms with van der Waals surface area (Å²) in [6, 6.07) is -0.658. The Balaban J connectivity index is 3.86. The molecule has 0 aliphatic carbocycles. The normalized spacial score (nSPS) is 14.2. The van der Waals surface area contributed by atoms with Crippen LogP contribution in [0.5, 0.6) is 0 Å². The van der Waals surface area contributed by atoms with E-state index < -0.39 is 12.1 Å². The molecule has 0 heterocycles. The van der Waals surface area contributed by atoms with Crippen LogP contribution in [0, 0.1) is 0 Å². The molecule has 3 N–H and O–H groups in total. The van der Waals surface area contributed by atoms with Gasteiger partial charge in [-0.2, -0.15) is 0 Å². The van der Waals surface area contributed by atoms with Crippen LogP contribution in [0.3, 0.4) is 0 Å². The van der Waals surface area contributed by atoms with Crippen molar-refractivity contribution >= 4 is 5.91 Å². The molecule has 0 aromatic rings. The van der Waals surface area contributed by atoms with Crippen molar-refractivity contribution < 1.29 is 15.0 Å². The Kier molecular flexibility index (Phi) is 27.2. The predicted molar refractivity (Wildman–Crippen MR) is 161 cm³/mol. The van der Waals surface area contributed by atoms with Gasteiger partial charge in [-0.3, -0.25) is 4.79 Å². The Morgan fingerprint density at radius 3 is 1.73 bits per heavy atom. The van der Waals surface area contributed by atoms with E-state index in [0.717, 1.165) is 38.5 Å². The van der Waals surface area contributed by atoms with E-state index in [1.165, 1.54) is 57.8 Å². The molecule has 212 valence electrons. The second kappa shape index (κ2) is 28.7. The molecule has 4 nitrogen and oxygen atoms in total. The number of hydrogen-bond acceptors (Lipinski definition) is 3. The van der Waals surface area contributed by atoms with Crippen molar-refractivity contribution in [3.8, 4) is 0 Å². The third-order valence-electron chi connectivity index (χ3n) is 6.27. The standard InChI is InChI=1S/C33H57NO3/c1-3-5-7-9-11-13-15-17-19-21-23-25-27-29-33(37)34-31(30-35)32(36)28-26-24-22-20-18-16-14-12-10-8-6-4-2/h5,7,11,13,17,19,23,25-26,28,31-32,35-36H,3-4,6,8-10,12,14-16,18,20-22,24,27,29-30H2,1-2H3,(H,34,37)/b7-5-,13-11-,19-17-,25-23-,28-26+. The molecule has 0 saturated carbocycles. The van der Waals surface area contributed by atoms with Gasteiger partial charge in [0.25, 0.3) is 0 Å². The summed E-state index contributed by atoms with van der Waals surface area (Å²) in [5, 5.41) is 22.6. The summed E-state index contributed by atoms with van der Waals surface area (Å²) >= 11 is 0. The molecule has 0 aromatic heterocycles. The molecular weight excluding hydrogens is 458 g/mol. The highest BCUT2D eigenvalue weighted by Crippen LogP contribution is 2.11. The zero-order valence-corrected chi connectivity index (χ0v) is 24.0. The van der Waals surface area contributed by atoms with Gasteiger partial charge in [0.1, 0.15) is 0 Å². The number of carbonyl (C=O) groups excluding carboxylic acids is 1. The first-order valence-corrected chi connectivity index (χ1v) is 15.0. The molecule has 37 heavy (non-hydrogen) atoms. The van der Waals surface area contributed by atoms with Gasteiger partial charge in [-0.15, -0.1) is 0 Å². The zero-order chi connectivity index (χ0) is 27.2. The number of aliphatic hydroxyl groups is 2. The van der Waals surface area contributed by atoms with Gasteiger partial charge in [0.05, 0.1) is 18.8 Å². The summed E-state index contributed by atoms with van der Waals surface area (Å²) in [7, 11) is 0. The quantitative estimate of drug-likeness (QED) is 0.0846. The number of amides is 1. The second-order valence-electron chi connectivity index (χ2n) is 9.79. The molecule has 0 bridgehead atoms. The van der Waals surface area contributed by atoms with Crippen molar-refractivity contribution in [3.63, 3.8) is 0 Å². The highest BCUT2D eigenvalue weighted by atomic mass is 16.3. The molecule has 0 saturated heterocycles. The molecule has 2 unspecified atom stereocenters. The van der Waals surface area contributed by atoms with Crippen molar-refractivity contribution in [2.45, 2.75) is 135 Å². The molecule has 0 aromatic carbocycles. The third kappa shape index (κ3) is 25.5. The highest BCUT2D eigenvalue weighted by molar-refractivity contribution is 5.76. The van der Waals surface area contributed by atoms with Gasteiger partial charge < -0.3 is 15.5 Å². The summed E-state index contributed by atoms with van der Waals surface area (Å²) < 4.78 is 0. The SMILES string of the molecule is CC/C=C\C/C=C\C/C=C\C/C=C\CCC(=O)NC(CO)C(O)/C=C/CCCCCCCCCCCC. The second-order valence-corrected chi connectivity index (χ2v) is 9.79. The fourth-order valence-corrected chi connectivity index (χ4v) is 3.95. The lowest BCUT2D eigenvalue weighted by atomic mass is 10.1. The lowest BCUT2D eigenvalue weighted by Crippen LogP contribution is -2.45. The van der Waals surface area contributed by atoms with E-state index in [-0.39, 0.29) is 12.5 Å². The van der Waals surface area contributed by atoms with Crippen LogP contribution in [-0.4, -0.2) is 34.9 Å². The molecule has 0 radical (unpaired) electrons. The largest absolute Gasteiger partial charge is 0.394 e. The third-order valence-corrected chi connectivity index (χ3v) is 6.27. The molecule has 1 amide bonds. The average Bonchev–Trinajstić information content (AvgIpc) is 2.90. The Hall–Kier alpha value is -1.91. The Labute approximate surface area is 228 Å². The van der Waals surface area contributed by atoms with E-state index in [1.807, 2.05) is 12.2 Å². The van der Waals surface area contributed by atoms with Crippen LogP contribution in [0.2, 0.25) is 0 Å². The number of hydrogen-bond donors (Lipinski definition) is 3. The molecule has 0 spiro atoms. The van der Waals surface area contributed by atoms with Crippen molar-refractivity contribution in [1.82, 2.24) is 5.32 Å². The summed E-state index contributed by atoms with van der Waals surface area (Å²) in [6.45, 7) is 4.11. The van der Waals surface area contributed by atoms with E-state index in [9.17, 15) is 15.0 Å². The molecular formula is C33H57NO3. The van der Waals surface area contributed by atoms with Crippen LogP contribution < -0.4 is 5.32 Å². The van der Waals surface area contributed by atoms with Crippen LogP contribution in [-0.2, 0) is 4.79 Å². The zero-order valence-electron chi connectivity index (χ0n) is 24.0. The van der Waals surface area contributed by atoms with Gasteiger partial charge in [0.2, 0.25) is 5.91 Å². The fraction of sp³-hybridized carbons (Fsp3) is 0.667. The van der Waals surface area contributed by atoms with Gasteiger partial charge in [-0.05, 0) is 44.9 Å². The number of carbonyl (C=O) groups is 1. The van der Waals surface area contributed by atoms with Crippen LogP contribution in [0.15, 0.2) is 60.8 Å². The summed E-state index contributed by atoms with van der Waals surface area (Å²) in [6.07, 6.45) is 38.7. The minimum Gasteiger partial charge on any atom is -0.394 e. The van der Waals surface area contributed by atoms with Gasteiger partial charge in [-0.1, -0.05) is 132 Å². The molecule has 0 rings (SSSR count).